The quantitative estimate of drug-likeness (QED) is 0.166. The van der Waals surface area contributed by atoms with Crippen LogP contribution in [0.3, 0.4) is 0 Å². The zero-order valence-corrected chi connectivity index (χ0v) is 27.7. The van der Waals surface area contributed by atoms with E-state index in [0.717, 1.165) is 17.1 Å². The van der Waals surface area contributed by atoms with Crippen LogP contribution in [0.5, 0.6) is 0 Å². The Kier molecular flexibility index (Phi) is 6.84. The summed E-state index contributed by atoms with van der Waals surface area (Å²) in [4.78, 5) is 2.29. The molecule has 2 nitrogen and oxygen atoms in total. The molecule has 0 aliphatic heterocycles. The summed E-state index contributed by atoms with van der Waals surface area (Å²) < 4.78 is 2.47. The summed E-state index contributed by atoms with van der Waals surface area (Å²) in [6.45, 7) is 4.78. The maximum Gasteiger partial charge on any atom is 0.0588 e. The van der Waals surface area contributed by atoms with Crippen molar-refractivity contribution in [3.8, 4) is 16.8 Å². The van der Waals surface area contributed by atoms with Gasteiger partial charge in [0, 0.05) is 38.9 Å². The fourth-order valence-electron chi connectivity index (χ4n) is 7.84. The highest BCUT2D eigenvalue weighted by atomic mass is 15.1. The normalized spacial score (nSPS) is 13.2. The number of rotatable bonds is 6. The third-order valence-electron chi connectivity index (χ3n) is 10.1. The molecule has 0 spiro atoms. The SMILES string of the molecule is CC1(C)c2cc(C=Cc3ccc(N(c4ccccc4)c4ccccc4)cc3)ccc2-c2ccc3c4ccccc4n(-c4ccccc4)c3c21. The van der Waals surface area contributed by atoms with Crippen LogP contribution in [-0.2, 0) is 5.41 Å². The molecule has 0 unspecified atom stereocenters. The van der Waals surface area contributed by atoms with Crippen molar-refractivity contribution < 1.29 is 0 Å². The largest absolute Gasteiger partial charge is 0.311 e. The number of aromatic nitrogens is 1. The summed E-state index contributed by atoms with van der Waals surface area (Å²) in [5, 5.41) is 2.60. The Balaban J connectivity index is 1.08. The molecule has 0 saturated heterocycles. The fourth-order valence-corrected chi connectivity index (χ4v) is 7.84. The molecule has 1 aromatic heterocycles. The number of hydrogen-bond donors (Lipinski definition) is 0. The van der Waals surface area contributed by atoms with Crippen molar-refractivity contribution in [1.29, 1.82) is 0 Å². The number of nitrogens with zero attached hydrogens (tertiary/aromatic N) is 2. The van der Waals surface area contributed by atoms with Crippen LogP contribution in [0.15, 0.2) is 170 Å². The van der Waals surface area contributed by atoms with Crippen LogP contribution in [0, 0.1) is 0 Å². The Morgan fingerprint density at radius 2 is 1.04 bits per heavy atom. The minimum Gasteiger partial charge on any atom is -0.311 e. The highest BCUT2D eigenvalue weighted by Gasteiger charge is 2.38. The van der Waals surface area contributed by atoms with E-state index in [-0.39, 0.29) is 5.41 Å². The summed E-state index contributed by atoms with van der Waals surface area (Å²) in [5.74, 6) is 0. The van der Waals surface area contributed by atoms with Crippen molar-refractivity contribution in [2.24, 2.45) is 0 Å². The van der Waals surface area contributed by atoms with Gasteiger partial charge in [0.05, 0.1) is 11.0 Å². The molecule has 1 aliphatic rings. The maximum atomic E-state index is 2.47. The van der Waals surface area contributed by atoms with Gasteiger partial charge in [0.2, 0.25) is 0 Å². The van der Waals surface area contributed by atoms with Gasteiger partial charge in [-0.3, -0.25) is 0 Å². The standard InChI is InChI=1S/C47H36N2/c1-47(2)43-32-34(23-22-33-24-27-38(28-25-33)48(35-14-6-3-7-15-35)36-16-8-4-9-17-36)26-29-39(43)41-30-31-42-40-20-12-13-21-44(40)49(46(42)45(41)47)37-18-10-5-11-19-37/h3-32H,1-2H3. The fraction of sp³-hybridized carbons (Fsp3) is 0.0638. The van der Waals surface area contributed by atoms with Gasteiger partial charge in [-0.1, -0.05) is 141 Å². The lowest BCUT2D eigenvalue weighted by molar-refractivity contribution is 0.663. The smallest absolute Gasteiger partial charge is 0.0588 e. The predicted molar refractivity (Wildman–Crippen MR) is 208 cm³/mol. The van der Waals surface area contributed by atoms with Crippen LogP contribution < -0.4 is 4.90 Å². The number of fused-ring (bicyclic) bond motifs is 7. The molecule has 0 fully saturated rings. The van der Waals surface area contributed by atoms with Crippen LogP contribution in [-0.4, -0.2) is 4.57 Å². The first-order valence-electron chi connectivity index (χ1n) is 17.0. The predicted octanol–water partition coefficient (Wildman–Crippen LogP) is 12.7. The van der Waals surface area contributed by atoms with E-state index in [1.807, 2.05) is 0 Å². The minimum absolute atomic E-state index is 0.172. The summed E-state index contributed by atoms with van der Waals surface area (Å²) in [6, 6.07) is 61.2. The lowest BCUT2D eigenvalue weighted by Gasteiger charge is -2.25. The first kappa shape index (κ1) is 29.1. The van der Waals surface area contributed by atoms with Crippen molar-refractivity contribution >= 4 is 51.0 Å². The molecule has 9 rings (SSSR count). The third-order valence-corrected chi connectivity index (χ3v) is 10.1. The van der Waals surface area contributed by atoms with E-state index < -0.39 is 0 Å². The van der Waals surface area contributed by atoms with Crippen molar-refractivity contribution in [2.75, 3.05) is 4.90 Å². The van der Waals surface area contributed by atoms with Crippen LogP contribution >= 0.6 is 0 Å². The van der Waals surface area contributed by atoms with Crippen LogP contribution in [0.2, 0.25) is 0 Å². The summed E-state index contributed by atoms with van der Waals surface area (Å²) in [6.07, 6.45) is 4.47. The molecular formula is C47H36N2. The molecule has 0 N–H and O–H groups in total. The van der Waals surface area contributed by atoms with Gasteiger partial charge in [-0.25, -0.2) is 0 Å². The van der Waals surface area contributed by atoms with Crippen molar-refractivity contribution in [3.63, 3.8) is 0 Å². The van der Waals surface area contributed by atoms with E-state index in [9.17, 15) is 0 Å². The number of hydrogen-bond acceptors (Lipinski definition) is 1. The van der Waals surface area contributed by atoms with E-state index in [4.69, 9.17) is 0 Å². The molecule has 49 heavy (non-hydrogen) atoms. The Bertz CT molecular complexity index is 2450. The lowest BCUT2D eigenvalue weighted by atomic mass is 9.81. The van der Waals surface area contributed by atoms with Gasteiger partial charge < -0.3 is 9.47 Å². The molecular weight excluding hydrogens is 593 g/mol. The second-order valence-corrected chi connectivity index (χ2v) is 13.4. The molecule has 0 amide bonds. The van der Waals surface area contributed by atoms with Gasteiger partial charge in [0.15, 0.2) is 0 Å². The first-order valence-corrected chi connectivity index (χ1v) is 17.0. The molecule has 0 saturated carbocycles. The van der Waals surface area contributed by atoms with Gasteiger partial charge >= 0.3 is 0 Å². The molecule has 1 aliphatic carbocycles. The van der Waals surface area contributed by atoms with Crippen LogP contribution in [0.4, 0.5) is 17.1 Å². The molecule has 2 heteroatoms. The Morgan fingerprint density at radius 1 is 0.490 bits per heavy atom. The zero-order valence-electron chi connectivity index (χ0n) is 27.7. The third kappa shape index (κ3) is 4.79. The van der Waals surface area contributed by atoms with Crippen molar-refractivity contribution in [1.82, 2.24) is 4.57 Å². The van der Waals surface area contributed by atoms with Gasteiger partial charge in [-0.05, 0) is 88.0 Å². The van der Waals surface area contributed by atoms with Gasteiger partial charge in [-0.15, -0.1) is 0 Å². The zero-order chi connectivity index (χ0) is 33.0. The van der Waals surface area contributed by atoms with E-state index in [1.165, 1.54) is 60.9 Å². The highest BCUT2D eigenvalue weighted by Crippen LogP contribution is 2.53. The van der Waals surface area contributed by atoms with E-state index in [1.54, 1.807) is 0 Å². The topological polar surface area (TPSA) is 8.17 Å². The summed E-state index contributed by atoms with van der Waals surface area (Å²) >= 11 is 0. The Labute approximate surface area is 287 Å². The Morgan fingerprint density at radius 3 is 1.73 bits per heavy atom. The van der Waals surface area contributed by atoms with Crippen LogP contribution in [0.25, 0.3) is 50.8 Å². The van der Waals surface area contributed by atoms with Gasteiger partial charge in [0.1, 0.15) is 0 Å². The Hall–Kier alpha value is -6.12. The minimum atomic E-state index is -0.172. The molecule has 1 heterocycles. The van der Waals surface area contributed by atoms with Crippen LogP contribution in [0.1, 0.15) is 36.1 Å². The van der Waals surface area contributed by atoms with Crippen molar-refractivity contribution in [2.45, 2.75) is 19.3 Å². The van der Waals surface area contributed by atoms with E-state index >= 15 is 0 Å². The summed E-state index contributed by atoms with van der Waals surface area (Å²) in [7, 11) is 0. The molecule has 8 aromatic rings. The molecule has 234 valence electrons. The monoisotopic (exact) mass is 628 g/mol. The average Bonchev–Trinajstić information content (AvgIpc) is 3.61. The van der Waals surface area contributed by atoms with E-state index in [2.05, 4.69) is 205 Å². The van der Waals surface area contributed by atoms with Gasteiger partial charge in [0.25, 0.3) is 0 Å². The second-order valence-electron chi connectivity index (χ2n) is 13.4. The molecule has 0 bridgehead atoms. The number of anilines is 3. The highest BCUT2D eigenvalue weighted by molar-refractivity contribution is 6.13. The number of para-hydroxylation sites is 4. The molecule has 7 aromatic carbocycles. The second kappa shape index (κ2) is 11.5. The van der Waals surface area contributed by atoms with E-state index in [0.29, 0.717) is 0 Å². The maximum absolute atomic E-state index is 2.47. The first-order chi connectivity index (χ1) is 24.1. The van der Waals surface area contributed by atoms with Crippen molar-refractivity contribution in [3.05, 3.63) is 192 Å². The summed E-state index contributed by atoms with van der Waals surface area (Å²) in [5.41, 5.74) is 14.8. The number of benzene rings is 7. The molecule has 0 radical (unpaired) electrons. The lowest BCUT2D eigenvalue weighted by Crippen LogP contribution is -2.16. The van der Waals surface area contributed by atoms with Gasteiger partial charge in [-0.2, -0.15) is 0 Å². The average molecular weight is 629 g/mol. The molecule has 0 atom stereocenters.